The second-order valence-electron chi connectivity index (χ2n) is 6.13. The Hall–Kier alpha value is -3.05. The van der Waals surface area contributed by atoms with Gasteiger partial charge in [0.25, 0.3) is 0 Å². The van der Waals surface area contributed by atoms with Gasteiger partial charge in [-0.2, -0.15) is 0 Å². The SMILES string of the molecule is CCOC(=O)c1cc(C(Nc2ccccc2Cl)C(=O)c2ccccc2)oc1C. The van der Waals surface area contributed by atoms with E-state index in [0.29, 0.717) is 33.4 Å². The van der Waals surface area contributed by atoms with Gasteiger partial charge in [0, 0.05) is 5.56 Å². The lowest BCUT2D eigenvalue weighted by Gasteiger charge is -2.18. The quantitative estimate of drug-likeness (QED) is 0.424. The molecule has 0 aliphatic heterocycles. The molecule has 144 valence electrons. The number of carbonyl (C=O) groups excluding carboxylic acids is 2. The molecule has 3 rings (SSSR count). The van der Waals surface area contributed by atoms with Crippen molar-refractivity contribution >= 4 is 29.0 Å². The molecule has 1 atom stereocenters. The normalized spacial score (nSPS) is 11.7. The Morgan fingerprint density at radius 3 is 2.46 bits per heavy atom. The Bertz CT molecular complexity index is 981. The first kappa shape index (κ1) is 19.7. The number of aryl methyl sites for hydroxylation is 1. The number of anilines is 1. The van der Waals surface area contributed by atoms with Crippen LogP contribution in [0, 0.1) is 6.92 Å². The number of rotatable bonds is 7. The number of esters is 1. The number of carbonyl (C=O) groups is 2. The van der Waals surface area contributed by atoms with E-state index in [1.165, 1.54) is 0 Å². The zero-order valence-corrected chi connectivity index (χ0v) is 16.3. The van der Waals surface area contributed by atoms with Gasteiger partial charge in [-0.15, -0.1) is 0 Å². The van der Waals surface area contributed by atoms with Crippen molar-refractivity contribution in [2.45, 2.75) is 19.9 Å². The third kappa shape index (κ3) is 4.26. The molecule has 0 amide bonds. The van der Waals surface area contributed by atoms with Gasteiger partial charge in [0.1, 0.15) is 23.1 Å². The average molecular weight is 398 g/mol. The lowest BCUT2D eigenvalue weighted by atomic mass is 10.0. The maximum absolute atomic E-state index is 13.2. The fourth-order valence-corrected chi connectivity index (χ4v) is 3.02. The Balaban J connectivity index is 2.01. The Labute approximate surface area is 168 Å². The van der Waals surface area contributed by atoms with E-state index in [1.54, 1.807) is 62.4 Å². The summed E-state index contributed by atoms with van der Waals surface area (Å²) in [6.45, 7) is 3.65. The predicted octanol–water partition coefficient (Wildman–Crippen LogP) is 5.45. The third-order valence-electron chi connectivity index (χ3n) is 4.21. The fourth-order valence-electron chi connectivity index (χ4n) is 2.83. The van der Waals surface area contributed by atoms with Crippen LogP contribution in [0.25, 0.3) is 0 Å². The summed E-state index contributed by atoms with van der Waals surface area (Å²) in [5, 5.41) is 3.62. The van der Waals surface area contributed by atoms with Crippen molar-refractivity contribution in [2.75, 3.05) is 11.9 Å². The number of furan rings is 1. The standard InChI is InChI=1S/C22H20ClNO4/c1-3-27-22(26)16-13-19(28-14(16)2)20(21(25)15-9-5-4-6-10-15)24-18-12-8-7-11-17(18)23/h4-13,20,24H,3H2,1-2H3. The minimum Gasteiger partial charge on any atom is -0.463 e. The highest BCUT2D eigenvalue weighted by Gasteiger charge is 2.28. The molecule has 1 N–H and O–H groups in total. The van der Waals surface area contributed by atoms with Gasteiger partial charge >= 0.3 is 5.97 Å². The van der Waals surface area contributed by atoms with Crippen molar-refractivity contribution < 1.29 is 18.7 Å². The number of halogens is 1. The van der Waals surface area contributed by atoms with E-state index in [1.807, 2.05) is 12.1 Å². The van der Waals surface area contributed by atoms with Crippen LogP contribution in [0.1, 0.15) is 45.2 Å². The minimum absolute atomic E-state index is 0.204. The van der Waals surface area contributed by atoms with E-state index in [2.05, 4.69) is 5.32 Å². The maximum Gasteiger partial charge on any atom is 0.341 e. The molecule has 1 unspecified atom stereocenters. The maximum atomic E-state index is 13.2. The molecule has 28 heavy (non-hydrogen) atoms. The molecular formula is C22H20ClNO4. The number of ketones is 1. The van der Waals surface area contributed by atoms with Crippen LogP contribution < -0.4 is 5.32 Å². The Kier molecular flexibility index (Phi) is 6.16. The van der Waals surface area contributed by atoms with Gasteiger partial charge in [-0.1, -0.05) is 54.1 Å². The second kappa shape index (κ2) is 8.76. The molecule has 0 aliphatic carbocycles. The summed E-state index contributed by atoms with van der Waals surface area (Å²) < 4.78 is 10.8. The third-order valence-corrected chi connectivity index (χ3v) is 4.54. The predicted molar refractivity (Wildman–Crippen MR) is 108 cm³/mol. The van der Waals surface area contributed by atoms with E-state index in [0.717, 1.165) is 0 Å². The first-order chi connectivity index (χ1) is 13.5. The average Bonchev–Trinajstić information content (AvgIpc) is 3.09. The van der Waals surface area contributed by atoms with Crippen molar-refractivity contribution in [1.29, 1.82) is 0 Å². The molecule has 0 bridgehead atoms. The zero-order valence-electron chi connectivity index (χ0n) is 15.6. The highest BCUT2D eigenvalue weighted by Crippen LogP contribution is 2.30. The van der Waals surface area contributed by atoms with Crippen LogP contribution in [-0.2, 0) is 4.74 Å². The molecule has 0 fully saturated rings. The summed E-state index contributed by atoms with van der Waals surface area (Å²) in [5.41, 5.74) is 1.40. The van der Waals surface area contributed by atoms with Gasteiger partial charge in [-0.3, -0.25) is 4.79 Å². The smallest absolute Gasteiger partial charge is 0.341 e. The number of hydrogen-bond acceptors (Lipinski definition) is 5. The van der Waals surface area contributed by atoms with Crippen molar-refractivity contribution in [3.8, 4) is 0 Å². The highest BCUT2D eigenvalue weighted by molar-refractivity contribution is 6.33. The van der Waals surface area contributed by atoms with Gasteiger partial charge in [0.05, 0.1) is 17.3 Å². The van der Waals surface area contributed by atoms with E-state index in [-0.39, 0.29) is 12.4 Å². The number of para-hydroxylation sites is 1. The van der Waals surface area contributed by atoms with Gasteiger partial charge in [0.15, 0.2) is 5.78 Å². The van der Waals surface area contributed by atoms with Crippen LogP contribution in [0.2, 0.25) is 5.02 Å². The van der Waals surface area contributed by atoms with E-state index >= 15 is 0 Å². The molecule has 1 heterocycles. The molecule has 0 saturated carbocycles. The van der Waals surface area contributed by atoms with Crippen molar-refractivity contribution in [1.82, 2.24) is 0 Å². The lowest BCUT2D eigenvalue weighted by molar-refractivity contribution is 0.0524. The molecule has 3 aromatic rings. The first-order valence-electron chi connectivity index (χ1n) is 8.89. The molecule has 0 aliphatic rings. The Morgan fingerprint density at radius 1 is 1.11 bits per heavy atom. The summed E-state index contributed by atoms with van der Waals surface area (Å²) in [7, 11) is 0. The molecule has 0 saturated heterocycles. The summed E-state index contributed by atoms with van der Waals surface area (Å²) in [5.74, 6) is 0.0120. The molecular weight excluding hydrogens is 378 g/mol. The number of nitrogens with one attached hydrogen (secondary N) is 1. The van der Waals surface area contributed by atoms with Gasteiger partial charge in [0.2, 0.25) is 0 Å². The van der Waals surface area contributed by atoms with Gasteiger partial charge in [-0.05, 0) is 32.0 Å². The van der Waals surface area contributed by atoms with Crippen LogP contribution in [0.5, 0.6) is 0 Å². The summed E-state index contributed by atoms with van der Waals surface area (Å²) in [6.07, 6.45) is 0. The molecule has 0 spiro atoms. The first-order valence-corrected chi connectivity index (χ1v) is 9.26. The molecule has 0 radical (unpaired) electrons. The van der Waals surface area contributed by atoms with Crippen molar-refractivity contribution in [2.24, 2.45) is 0 Å². The fraction of sp³-hybridized carbons (Fsp3) is 0.182. The van der Waals surface area contributed by atoms with Crippen LogP contribution in [0.3, 0.4) is 0 Å². The lowest BCUT2D eigenvalue weighted by Crippen LogP contribution is -2.21. The Morgan fingerprint density at radius 2 is 1.79 bits per heavy atom. The van der Waals surface area contributed by atoms with Crippen LogP contribution >= 0.6 is 11.6 Å². The summed E-state index contributed by atoms with van der Waals surface area (Å²) in [4.78, 5) is 25.3. The number of Topliss-reactive ketones (excluding diaryl/α,β-unsaturated/α-hetero) is 1. The molecule has 6 heteroatoms. The van der Waals surface area contributed by atoms with Crippen LogP contribution in [0.15, 0.2) is 65.1 Å². The molecule has 2 aromatic carbocycles. The van der Waals surface area contributed by atoms with Crippen molar-refractivity contribution in [3.63, 3.8) is 0 Å². The minimum atomic E-state index is -0.857. The van der Waals surface area contributed by atoms with Crippen LogP contribution in [0.4, 0.5) is 5.69 Å². The van der Waals surface area contributed by atoms with E-state index < -0.39 is 12.0 Å². The second-order valence-corrected chi connectivity index (χ2v) is 6.53. The monoisotopic (exact) mass is 397 g/mol. The molecule has 1 aromatic heterocycles. The van der Waals surface area contributed by atoms with E-state index in [4.69, 9.17) is 20.8 Å². The summed E-state index contributed by atoms with van der Waals surface area (Å²) in [6, 6.07) is 16.7. The number of ether oxygens (including phenoxy) is 1. The van der Waals surface area contributed by atoms with Gasteiger partial charge < -0.3 is 14.5 Å². The molecule has 5 nitrogen and oxygen atoms in total. The largest absolute Gasteiger partial charge is 0.463 e. The summed E-state index contributed by atoms with van der Waals surface area (Å²) >= 11 is 6.26. The number of hydrogen-bond donors (Lipinski definition) is 1. The number of benzene rings is 2. The zero-order chi connectivity index (χ0) is 20.1. The highest BCUT2D eigenvalue weighted by atomic mass is 35.5. The van der Waals surface area contributed by atoms with Gasteiger partial charge in [-0.25, -0.2) is 4.79 Å². The van der Waals surface area contributed by atoms with E-state index in [9.17, 15) is 9.59 Å². The van der Waals surface area contributed by atoms with Crippen LogP contribution in [-0.4, -0.2) is 18.4 Å². The topological polar surface area (TPSA) is 68.5 Å². The van der Waals surface area contributed by atoms with Crippen molar-refractivity contribution in [3.05, 3.63) is 88.3 Å².